The molecule has 0 spiro atoms. The van der Waals surface area contributed by atoms with E-state index >= 15 is 0 Å². The molecule has 0 bridgehead atoms. The number of hydrogen-bond donors (Lipinski definition) is 1. The first-order chi connectivity index (χ1) is 12.0. The number of aliphatic carboxylic acids is 1. The molecule has 0 aromatic heterocycles. The van der Waals surface area contributed by atoms with Gasteiger partial charge in [-0.25, -0.2) is 9.18 Å². The molecule has 0 saturated carbocycles. The quantitative estimate of drug-likeness (QED) is 0.869. The first-order valence-electron chi connectivity index (χ1n) is 8.17. The number of hydrogen-bond acceptors (Lipinski definition) is 4. The smallest absolute Gasteiger partial charge is 0.332 e. The molecule has 0 unspecified atom stereocenters. The maximum Gasteiger partial charge on any atom is 0.332 e. The summed E-state index contributed by atoms with van der Waals surface area (Å²) in [6.45, 7) is 1.47. The van der Waals surface area contributed by atoms with Gasteiger partial charge in [0, 0.05) is 31.7 Å². The van der Waals surface area contributed by atoms with E-state index in [0.717, 1.165) is 0 Å². The van der Waals surface area contributed by atoms with Crippen LogP contribution in [0.2, 0.25) is 0 Å². The fourth-order valence-corrected chi connectivity index (χ4v) is 3.11. The Bertz CT molecular complexity index is 670. The number of ether oxygens (including phenoxy) is 1. The van der Waals surface area contributed by atoms with Crippen molar-refractivity contribution in [3.63, 3.8) is 0 Å². The number of nitrogens with zero attached hydrogens (tertiary/aromatic N) is 2. The summed E-state index contributed by atoms with van der Waals surface area (Å²) in [7, 11) is 0. The van der Waals surface area contributed by atoms with Gasteiger partial charge in [0.1, 0.15) is 11.9 Å². The highest BCUT2D eigenvalue weighted by Gasteiger charge is 2.37. The second-order valence-electron chi connectivity index (χ2n) is 6.15. The van der Waals surface area contributed by atoms with Crippen molar-refractivity contribution < 1.29 is 28.6 Å². The van der Waals surface area contributed by atoms with E-state index in [-0.39, 0.29) is 11.8 Å². The second-order valence-corrected chi connectivity index (χ2v) is 6.15. The molecule has 134 valence electrons. The van der Waals surface area contributed by atoms with Crippen LogP contribution in [0.15, 0.2) is 24.3 Å². The summed E-state index contributed by atoms with van der Waals surface area (Å²) in [6.07, 6.45) is -0.921. The Morgan fingerprint density at radius 2 is 1.52 bits per heavy atom. The highest BCUT2D eigenvalue weighted by Crippen LogP contribution is 2.22. The van der Waals surface area contributed by atoms with Crippen molar-refractivity contribution >= 4 is 17.8 Å². The van der Waals surface area contributed by atoms with E-state index in [2.05, 4.69) is 0 Å². The highest BCUT2D eigenvalue weighted by atomic mass is 19.1. The van der Waals surface area contributed by atoms with Crippen LogP contribution in [0.1, 0.15) is 23.2 Å². The minimum Gasteiger partial charge on any atom is -0.479 e. The number of rotatable bonds is 3. The van der Waals surface area contributed by atoms with Gasteiger partial charge in [0.05, 0.1) is 0 Å². The number of halogens is 1. The zero-order valence-electron chi connectivity index (χ0n) is 13.6. The first kappa shape index (κ1) is 17.3. The Morgan fingerprint density at radius 3 is 2.08 bits per heavy atom. The number of carboxylic acids is 1. The monoisotopic (exact) mass is 350 g/mol. The Balaban J connectivity index is 1.53. The van der Waals surface area contributed by atoms with Crippen LogP contribution in [0.3, 0.4) is 0 Å². The van der Waals surface area contributed by atoms with Gasteiger partial charge in [-0.05, 0) is 37.1 Å². The van der Waals surface area contributed by atoms with Gasteiger partial charge in [-0.3, -0.25) is 9.59 Å². The lowest BCUT2D eigenvalue weighted by Gasteiger charge is -2.35. The highest BCUT2D eigenvalue weighted by molar-refractivity contribution is 5.94. The Kier molecular flexibility index (Phi) is 4.98. The van der Waals surface area contributed by atoms with E-state index in [1.54, 1.807) is 9.80 Å². The summed E-state index contributed by atoms with van der Waals surface area (Å²) in [5.41, 5.74) is 0.407. The molecule has 1 N–H and O–H groups in total. The van der Waals surface area contributed by atoms with Gasteiger partial charge < -0.3 is 19.6 Å². The fraction of sp³-hybridized carbons (Fsp3) is 0.471. The molecule has 25 heavy (non-hydrogen) atoms. The molecule has 2 saturated heterocycles. The molecule has 8 heteroatoms. The zero-order valence-corrected chi connectivity index (χ0v) is 13.6. The van der Waals surface area contributed by atoms with Gasteiger partial charge in [-0.2, -0.15) is 0 Å². The Hall–Kier alpha value is -2.48. The van der Waals surface area contributed by atoms with E-state index in [1.165, 1.54) is 24.3 Å². The summed E-state index contributed by atoms with van der Waals surface area (Å²) in [4.78, 5) is 38.9. The van der Waals surface area contributed by atoms with Crippen molar-refractivity contribution in [3.05, 3.63) is 35.6 Å². The number of carboxylic acid groups (broad SMARTS) is 1. The van der Waals surface area contributed by atoms with Gasteiger partial charge in [0.2, 0.25) is 0 Å². The lowest BCUT2D eigenvalue weighted by molar-refractivity contribution is -0.155. The second kappa shape index (κ2) is 7.18. The molecule has 1 aromatic carbocycles. The predicted octanol–water partition coefficient (Wildman–Crippen LogP) is 0.742. The molecule has 0 radical (unpaired) electrons. The van der Waals surface area contributed by atoms with E-state index in [9.17, 15) is 18.8 Å². The van der Waals surface area contributed by atoms with Crippen LogP contribution in [-0.2, 0) is 14.3 Å². The molecular formula is C17H19FN2O5. The summed E-state index contributed by atoms with van der Waals surface area (Å²) in [5, 5.41) is 8.93. The molecule has 2 heterocycles. The number of amides is 2. The predicted molar refractivity (Wildman–Crippen MR) is 84.4 cm³/mol. The normalized spacial score (nSPS) is 23.6. The van der Waals surface area contributed by atoms with Crippen LogP contribution in [0.4, 0.5) is 4.39 Å². The molecule has 2 fully saturated rings. The third kappa shape index (κ3) is 3.79. The summed E-state index contributed by atoms with van der Waals surface area (Å²) in [5.74, 6) is -1.87. The fourth-order valence-electron chi connectivity index (χ4n) is 3.11. The van der Waals surface area contributed by atoms with E-state index in [1.807, 2.05) is 0 Å². The molecule has 1 aromatic rings. The maximum absolute atomic E-state index is 12.9. The van der Waals surface area contributed by atoms with Gasteiger partial charge in [-0.1, -0.05) is 0 Å². The topological polar surface area (TPSA) is 87.2 Å². The minimum absolute atomic E-state index is 0.199. The van der Waals surface area contributed by atoms with E-state index < -0.39 is 24.0 Å². The number of carbonyl (C=O) groups is 3. The van der Waals surface area contributed by atoms with Crippen molar-refractivity contribution in [1.82, 2.24) is 9.80 Å². The third-order valence-corrected chi connectivity index (χ3v) is 4.54. The SMILES string of the molecule is O=C(O)[C@H]1CC[C@@H](C(=O)N2CCN(C(=O)c3ccc(F)cc3)CC2)O1. The third-order valence-electron chi connectivity index (χ3n) is 4.54. The van der Waals surface area contributed by atoms with Crippen LogP contribution in [0, 0.1) is 5.82 Å². The van der Waals surface area contributed by atoms with Crippen molar-refractivity contribution in [3.8, 4) is 0 Å². The van der Waals surface area contributed by atoms with Crippen LogP contribution < -0.4 is 0 Å². The molecule has 3 rings (SSSR count). The number of benzene rings is 1. The molecule has 2 aliphatic heterocycles. The molecule has 0 aliphatic carbocycles. The zero-order chi connectivity index (χ0) is 18.0. The van der Waals surface area contributed by atoms with Crippen LogP contribution >= 0.6 is 0 Å². The minimum atomic E-state index is -1.05. The molecule has 2 aliphatic rings. The number of carbonyl (C=O) groups excluding carboxylic acids is 2. The van der Waals surface area contributed by atoms with Crippen molar-refractivity contribution in [2.75, 3.05) is 26.2 Å². The summed E-state index contributed by atoms with van der Waals surface area (Å²) < 4.78 is 18.2. The van der Waals surface area contributed by atoms with E-state index in [4.69, 9.17) is 9.84 Å². The van der Waals surface area contributed by atoms with Gasteiger partial charge in [0.15, 0.2) is 6.10 Å². The van der Waals surface area contributed by atoms with Crippen molar-refractivity contribution in [2.24, 2.45) is 0 Å². The molecule has 2 atom stereocenters. The molecular weight excluding hydrogens is 331 g/mol. The van der Waals surface area contributed by atoms with Gasteiger partial charge >= 0.3 is 5.97 Å². The molecule has 2 amide bonds. The Morgan fingerprint density at radius 1 is 0.960 bits per heavy atom. The number of piperazine rings is 1. The van der Waals surface area contributed by atoms with Crippen LogP contribution in [0.5, 0.6) is 0 Å². The van der Waals surface area contributed by atoms with E-state index in [0.29, 0.717) is 44.6 Å². The van der Waals surface area contributed by atoms with Gasteiger partial charge in [-0.15, -0.1) is 0 Å². The average Bonchev–Trinajstić information content (AvgIpc) is 3.12. The van der Waals surface area contributed by atoms with Crippen LogP contribution in [0.25, 0.3) is 0 Å². The standard InChI is InChI=1S/C17H19FN2O5/c18-12-3-1-11(2-4-12)15(21)19-7-9-20(10-8-19)16(22)13-5-6-14(25-13)17(23)24/h1-4,13-14H,5-10H2,(H,23,24)/t13-,14+/m0/s1. The van der Waals surface area contributed by atoms with Gasteiger partial charge in [0.25, 0.3) is 11.8 Å². The summed E-state index contributed by atoms with van der Waals surface area (Å²) >= 11 is 0. The Labute approximate surface area is 144 Å². The summed E-state index contributed by atoms with van der Waals surface area (Å²) in [6, 6.07) is 5.35. The average molecular weight is 350 g/mol. The maximum atomic E-state index is 12.9. The van der Waals surface area contributed by atoms with Crippen molar-refractivity contribution in [2.45, 2.75) is 25.0 Å². The first-order valence-corrected chi connectivity index (χ1v) is 8.17. The molecule has 7 nitrogen and oxygen atoms in total. The van der Waals surface area contributed by atoms with Crippen molar-refractivity contribution in [1.29, 1.82) is 0 Å². The van der Waals surface area contributed by atoms with Crippen LogP contribution in [-0.4, -0.2) is 71.1 Å². The lowest BCUT2D eigenvalue weighted by Crippen LogP contribution is -2.53. The lowest BCUT2D eigenvalue weighted by atomic mass is 10.1. The largest absolute Gasteiger partial charge is 0.479 e.